The minimum absolute atomic E-state index is 0.0388. The number of halogens is 1. The molecule has 5 nitrogen and oxygen atoms in total. The predicted octanol–water partition coefficient (Wildman–Crippen LogP) is 3.75. The second-order valence-electron chi connectivity index (χ2n) is 6.38. The van der Waals surface area contributed by atoms with Crippen LogP contribution < -0.4 is 10.1 Å². The van der Waals surface area contributed by atoms with Crippen molar-refractivity contribution in [1.29, 1.82) is 0 Å². The Morgan fingerprint density at radius 2 is 2.22 bits per heavy atom. The summed E-state index contributed by atoms with van der Waals surface area (Å²) in [7, 11) is 1.73. The largest absolute Gasteiger partial charge is 0.489 e. The lowest BCUT2D eigenvalue weighted by Crippen LogP contribution is -2.37. The summed E-state index contributed by atoms with van der Waals surface area (Å²) in [6.07, 6.45) is 2.55. The fraction of sp³-hybridized carbons (Fsp3) is 0.588. The second-order valence-corrected chi connectivity index (χ2v) is 6.79. The molecule has 1 fully saturated rings. The van der Waals surface area contributed by atoms with Gasteiger partial charge in [0.1, 0.15) is 5.75 Å². The number of amides is 2. The van der Waals surface area contributed by atoms with Crippen LogP contribution in [0.3, 0.4) is 0 Å². The lowest BCUT2D eigenvalue weighted by Gasteiger charge is -2.23. The van der Waals surface area contributed by atoms with E-state index < -0.39 is 0 Å². The first-order valence-electron chi connectivity index (χ1n) is 8.03. The zero-order valence-electron chi connectivity index (χ0n) is 13.9. The van der Waals surface area contributed by atoms with Gasteiger partial charge in [-0.15, -0.1) is 0 Å². The number of nitrogens with zero attached hydrogens (tertiary/aromatic N) is 1. The van der Waals surface area contributed by atoms with Crippen LogP contribution in [0.4, 0.5) is 10.5 Å². The number of hydrogen-bond donors (Lipinski definition) is 2. The average Bonchev–Trinajstić information content (AvgIpc) is 2.87. The highest BCUT2D eigenvalue weighted by atomic mass is 35.5. The van der Waals surface area contributed by atoms with Crippen molar-refractivity contribution >= 4 is 23.3 Å². The number of anilines is 1. The topological polar surface area (TPSA) is 61.8 Å². The van der Waals surface area contributed by atoms with E-state index in [4.69, 9.17) is 16.3 Å². The van der Waals surface area contributed by atoms with E-state index in [-0.39, 0.29) is 24.2 Å². The van der Waals surface area contributed by atoms with Crippen molar-refractivity contribution in [2.45, 2.75) is 45.3 Å². The summed E-state index contributed by atoms with van der Waals surface area (Å²) in [5.41, 5.74) is 0.620. The first-order valence-corrected chi connectivity index (χ1v) is 8.41. The molecular weight excluding hydrogens is 316 g/mol. The monoisotopic (exact) mass is 340 g/mol. The number of rotatable bonds is 5. The highest BCUT2D eigenvalue weighted by Gasteiger charge is 2.27. The van der Waals surface area contributed by atoms with E-state index >= 15 is 0 Å². The summed E-state index contributed by atoms with van der Waals surface area (Å²) in [4.78, 5) is 13.8. The SMILES string of the molecule is CC(C)Oc1ccc(NC(=O)N(C)CC2CCCC2O)cc1Cl. The smallest absolute Gasteiger partial charge is 0.321 e. The molecule has 0 heterocycles. The summed E-state index contributed by atoms with van der Waals surface area (Å²) >= 11 is 6.17. The van der Waals surface area contributed by atoms with Gasteiger partial charge in [0.2, 0.25) is 0 Å². The molecule has 2 atom stereocenters. The van der Waals surface area contributed by atoms with E-state index in [1.54, 1.807) is 30.1 Å². The van der Waals surface area contributed by atoms with Crippen molar-refractivity contribution < 1.29 is 14.6 Å². The van der Waals surface area contributed by atoms with E-state index in [9.17, 15) is 9.90 Å². The number of carbonyl (C=O) groups excluding carboxylic acids is 1. The van der Waals surface area contributed by atoms with Crippen molar-refractivity contribution in [2.75, 3.05) is 18.9 Å². The van der Waals surface area contributed by atoms with Gasteiger partial charge in [0.15, 0.2) is 0 Å². The summed E-state index contributed by atoms with van der Waals surface area (Å²) in [6.45, 7) is 4.41. The molecule has 2 N–H and O–H groups in total. The Morgan fingerprint density at radius 1 is 1.48 bits per heavy atom. The van der Waals surface area contributed by atoms with Crippen LogP contribution in [-0.2, 0) is 0 Å². The van der Waals surface area contributed by atoms with Gasteiger partial charge in [-0.3, -0.25) is 0 Å². The van der Waals surface area contributed by atoms with E-state index in [1.807, 2.05) is 13.8 Å². The van der Waals surface area contributed by atoms with Gasteiger partial charge in [-0.25, -0.2) is 4.79 Å². The summed E-state index contributed by atoms with van der Waals surface area (Å²) in [5.74, 6) is 0.762. The maximum absolute atomic E-state index is 12.2. The number of ether oxygens (including phenoxy) is 1. The Kier molecular flexibility index (Phi) is 6.13. The lowest BCUT2D eigenvalue weighted by atomic mass is 10.1. The van der Waals surface area contributed by atoms with Crippen molar-refractivity contribution in [3.8, 4) is 5.75 Å². The summed E-state index contributed by atoms with van der Waals surface area (Å²) in [5, 5.41) is 13.1. The van der Waals surface area contributed by atoms with Gasteiger partial charge in [-0.05, 0) is 44.9 Å². The molecule has 1 aliphatic carbocycles. The second kappa shape index (κ2) is 7.88. The van der Waals surface area contributed by atoms with Crippen molar-refractivity contribution in [3.05, 3.63) is 23.2 Å². The average molecular weight is 341 g/mol. The number of aliphatic hydroxyl groups excluding tert-OH is 1. The highest BCUT2D eigenvalue weighted by molar-refractivity contribution is 6.32. The summed E-state index contributed by atoms with van der Waals surface area (Å²) in [6, 6.07) is 4.98. The quantitative estimate of drug-likeness (QED) is 0.858. The van der Waals surface area contributed by atoms with Crippen LogP contribution in [0.5, 0.6) is 5.75 Å². The third-order valence-corrected chi connectivity index (χ3v) is 4.32. The van der Waals surface area contributed by atoms with Crippen molar-refractivity contribution in [2.24, 2.45) is 5.92 Å². The van der Waals surface area contributed by atoms with Crippen LogP contribution >= 0.6 is 11.6 Å². The Labute approximate surface area is 142 Å². The molecule has 0 aliphatic heterocycles. The molecule has 2 amide bonds. The Morgan fingerprint density at radius 3 is 2.78 bits per heavy atom. The Hall–Kier alpha value is -1.46. The van der Waals surface area contributed by atoms with E-state index in [0.717, 1.165) is 19.3 Å². The minimum Gasteiger partial charge on any atom is -0.489 e. The van der Waals surface area contributed by atoms with Gasteiger partial charge in [0.25, 0.3) is 0 Å². The van der Waals surface area contributed by atoms with Gasteiger partial charge < -0.3 is 20.1 Å². The zero-order valence-corrected chi connectivity index (χ0v) is 14.6. The standard InChI is InChI=1S/C17H25ClN2O3/c1-11(2)23-16-8-7-13(9-14(16)18)19-17(22)20(3)10-12-5-4-6-15(12)21/h7-9,11-12,15,21H,4-6,10H2,1-3H3,(H,19,22). The number of nitrogens with one attached hydrogen (secondary N) is 1. The molecule has 23 heavy (non-hydrogen) atoms. The first kappa shape index (κ1) is 17.9. The molecule has 0 spiro atoms. The molecule has 0 radical (unpaired) electrons. The number of hydrogen-bond acceptors (Lipinski definition) is 3. The molecule has 1 saturated carbocycles. The van der Waals surface area contributed by atoms with Crippen molar-refractivity contribution in [3.63, 3.8) is 0 Å². The molecule has 0 saturated heterocycles. The molecule has 1 aromatic rings. The van der Waals surface area contributed by atoms with E-state index in [2.05, 4.69) is 5.32 Å². The van der Waals surface area contributed by atoms with Gasteiger partial charge in [-0.2, -0.15) is 0 Å². The lowest BCUT2D eigenvalue weighted by molar-refractivity contribution is 0.116. The fourth-order valence-electron chi connectivity index (χ4n) is 2.81. The first-order chi connectivity index (χ1) is 10.9. The Balaban J connectivity index is 1.92. The molecule has 0 aromatic heterocycles. The van der Waals surface area contributed by atoms with Crippen LogP contribution in [-0.4, -0.2) is 41.8 Å². The van der Waals surface area contributed by atoms with Gasteiger partial charge in [0, 0.05) is 25.2 Å². The third kappa shape index (κ3) is 5.01. The predicted molar refractivity (Wildman–Crippen MR) is 92.2 cm³/mol. The molecule has 1 aromatic carbocycles. The van der Waals surface area contributed by atoms with Crippen LogP contribution in [0, 0.1) is 5.92 Å². The zero-order chi connectivity index (χ0) is 17.0. The number of aliphatic hydroxyl groups is 1. The van der Waals surface area contributed by atoms with Crippen LogP contribution in [0.1, 0.15) is 33.1 Å². The minimum atomic E-state index is -0.299. The molecular formula is C17H25ClN2O3. The maximum Gasteiger partial charge on any atom is 0.321 e. The van der Waals surface area contributed by atoms with Gasteiger partial charge in [0.05, 0.1) is 17.2 Å². The van der Waals surface area contributed by atoms with E-state index in [1.165, 1.54) is 0 Å². The van der Waals surface area contributed by atoms with Crippen molar-refractivity contribution in [1.82, 2.24) is 4.90 Å². The molecule has 1 aliphatic rings. The number of carbonyl (C=O) groups is 1. The normalized spacial score (nSPS) is 20.6. The molecule has 6 heteroatoms. The summed E-state index contributed by atoms with van der Waals surface area (Å²) < 4.78 is 5.57. The molecule has 0 bridgehead atoms. The van der Waals surface area contributed by atoms with Gasteiger partial charge >= 0.3 is 6.03 Å². The Bertz CT molecular complexity index is 551. The highest BCUT2D eigenvalue weighted by Crippen LogP contribution is 2.29. The van der Waals surface area contributed by atoms with E-state index in [0.29, 0.717) is 23.0 Å². The fourth-order valence-corrected chi connectivity index (χ4v) is 3.04. The maximum atomic E-state index is 12.2. The van der Waals surface area contributed by atoms with Crippen LogP contribution in [0.2, 0.25) is 5.02 Å². The van der Waals surface area contributed by atoms with Crippen LogP contribution in [0.25, 0.3) is 0 Å². The van der Waals surface area contributed by atoms with Gasteiger partial charge in [-0.1, -0.05) is 18.0 Å². The molecule has 128 valence electrons. The number of urea groups is 1. The van der Waals surface area contributed by atoms with Crippen LogP contribution in [0.15, 0.2) is 18.2 Å². The number of benzene rings is 1. The third-order valence-electron chi connectivity index (χ3n) is 4.02. The molecule has 2 unspecified atom stereocenters. The molecule has 2 rings (SSSR count).